The van der Waals surface area contributed by atoms with Crippen LogP contribution in [0.3, 0.4) is 0 Å². The summed E-state index contributed by atoms with van der Waals surface area (Å²) in [5, 5.41) is 3.06. The van der Waals surface area contributed by atoms with Gasteiger partial charge < -0.3 is 20.9 Å². The molecular formula is C37H37N7O5. The highest BCUT2D eigenvalue weighted by molar-refractivity contribution is 6.41. The van der Waals surface area contributed by atoms with Crippen molar-refractivity contribution in [2.75, 3.05) is 13.1 Å². The lowest BCUT2D eigenvalue weighted by atomic mass is 9.72. The summed E-state index contributed by atoms with van der Waals surface area (Å²) < 4.78 is 0. The van der Waals surface area contributed by atoms with E-state index in [0.717, 1.165) is 35.0 Å². The second-order valence-corrected chi connectivity index (χ2v) is 14.0. The fraction of sp³-hybridized carbons (Fsp3) is 0.405. The summed E-state index contributed by atoms with van der Waals surface area (Å²) in [6, 6.07) is 12.4. The van der Waals surface area contributed by atoms with Crippen molar-refractivity contribution in [1.82, 2.24) is 25.1 Å². The number of hydrogen-bond donors (Lipinski definition) is 2. The minimum Gasteiger partial charge on any atom is -0.404 e. The van der Waals surface area contributed by atoms with Gasteiger partial charge >= 0.3 is 0 Å². The van der Waals surface area contributed by atoms with Gasteiger partial charge in [0.1, 0.15) is 0 Å². The fourth-order valence-corrected chi connectivity index (χ4v) is 8.29. The molecule has 3 unspecified atom stereocenters. The Morgan fingerprint density at radius 2 is 1.80 bits per heavy atom. The Balaban J connectivity index is 0.844. The van der Waals surface area contributed by atoms with Crippen LogP contribution in [0.5, 0.6) is 0 Å². The highest BCUT2D eigenvalue weighted by atomic mass is 16.2. The number of allylic oxidation sites excluding steroid dienone is 1. The average Bonchev–Trinajstić information content (AvgIpc) is 3.30. The van der Waals surface area contributed by atoms with E-state index in [2.05, 4.69) is 15.3 Å². The molecule has 3 amide bonds. The molecule has 3 saturated carbocycles. The van der Waals surface area contributed by atoms with Crippen LogP contribution in [0, 0.1) is 10.8 Å². The number of Topliss-reactive ketones (excluding diaryl/α,β-unsaturated/α-hetero) is 2. The molecule has 8 rings (SSSR count). The van der Waals surface area contributed by atoms with Crippen LogP contribution in [0.15, 0.2) is 59.9 Å². The van der Waals surface area contributed by atoms with E-state index in [-0.39, 0.29) is 43.3 Å². The zero-order chi connectivity index (χ0) is 33.9. The lowest BCUT2D eigenvalue weighted by molar-refractivity contribution is -0.148. The minimum atomic E-state index is -0.690. The first-order valence-corrected chi connectivity index (χ1v) is 17.0. The Morgan fingerprint density at radius 1 is 1.02 bits per heavy atom. The van der Waals surface area contributed by atoms with E-state index >= 15 is 0 Å². The Morgan fingerprint density at radius 3 is 2.51 bits per heavy atom. The summed E-state index contributed by atoms with van der Waals surface area (Å²) >= 11 is 0. The topological polar surface area (TPSA) is 168 Å². The molecule has 3 atom stereocenters. The van der Waals surface area contributed by atoms with Gasteiger partial charge in [-0.3, -0.25) is 33.9 Å². The lowest BCUT2D eigenvalue weighted by Crippen LogP contribution is -2.51. The Labute approximate surface area is 282 Å². The van der Waals surface area contributed by atoms with Crippen molar-refractivity contribution in [3.8, 4) is 0 Å². The third-order valence-corrected chi connectivity index (χ3v) is 11.4. The largest absolute Gasteiger partial charge is 0.404 e. The van der Waals surface area contributed by atoms with Crippen molar-refractivity contribution in [2.45, 2.75) is 70.1 Å². The molecular weight excluding hydrogens is 622 g/mol. The standard InChI is InChI=1S/C37H37N7O5/c38-16-24(29-19-40-27-3-1-2-4-28(27)42-29)18-39-25-9-13-43(14-10-25)35(49)37-12-11-36(37,21-37)34(48)41-17-22-5-6-26-23(15-22)20-44(33(26)47)30-7-8-31(45)32(30)46/h1-6,15-16,18-19,25,30H,7-14,17,20-21,38H2,(H,41,48). The number of carbonyl (C=O) groups is 5. The summed E-state index contributed by atoms with van der Waals surface area (Å²) in [4.78, 5) is 81.5. The van der Waals surface area contributed by atoms with Gasteiger partial charge in [-0.15, -0.1) is 0 Å². The molecule has 3 N–H and O–H groups in total. The molecule has 1 saturated heterocycles. The predicted molar refractivity (Wildman–Crippen MR) is 180 cm³/mol. The molecule has 1 aromatic heterocycles. The number of amides is 3. The summed E-state index contributed by atoms with van der Waals surface area (Å²) in [5.41, 5.74) is 9.72. The van der Waals surface area contributed by atoms with E-state index in [1.54, 1.807) is 24.5 Å². The second kappa shape index (κ2) is 11.7. The zero-order valence-corrected chi connectivity index (χ0v) is 27.1. The number of fused-ring (bicyclic) bond motifs is 3. The number of piperidine rings is 1. The monoisotopic (exact) mass is 659 g/mol. The molecule has 0 radical (unpaired) electrons. The van der Waals surface area contributed by atoms with E-state index in [1.807, 2.05) is 35.2 Å². The first-order chi connectivity index (χ1) is 23.7. The normalized spacial score (nSPS) is 26.7. The highest BCUT2D eigenvalue weighted by Crippen LogP contribution is 2.78. The number of para-hydroxylation sites is 2. The Bertz CT molecular complexity index is 2000. The molecule has 3 aromatic rings. The molecule has 5 aliphatic rings. The molecule has 0 spiro atoms. The van der Waals surface area contributed by atoms with E-state index in [9.17, 15) is 24.0 Å². The fourth-order valence-electron chi connectivity index (χ4n) is 8.29. The maximum Gasteiger partial charge on any atom is 0.255 e. The minimum absolute atomic E-state index is 0.0504. The number of nitrogens with two attached hydrogens (primary N) is 1. The van der Waals surface area contributed by atoms with Crippen LogP contribution >= 0.6 is 0 Å². The van der Waals surface area contributed by atoms with Gasteiger partial charge in [0.2, 0.25) is 23.4 Å². The molecule has 49 heavy (non-hydrogen) atoms. The smallest absolute Gasteiger partial charge is 0.255 e. The average molecular weight is 660 g/mol. The van der Waals surface area contributed by atoms with Gasteiger partial charge in [0.05, 0.1) is 45.8 Å². The van der Waals surface area contributed by atoms with E-state index in [4.69, 9.17) is 10.7 Å². The predicted octanol–water partition coefficient (Wildman–Crippen LogP) is 2.73. The second-order valence-electron chi connectivity index (χ2n) is 14.0. The summed E-state index contributed by atoms with van der Waals surface area (Å²) in [7, 11) is 0. The first-order valence-electron chi connectivity index (χ1n) is 17.0. The zero-order valence-electron chi connectivity index (χ0n) is 27.1. The molecule has 250 valence electrons. The van der Waals surface area contributed by atoms with Crippen LogP contribution < -0.4 is 11.1 Å². The molecule has 3 heterocycles. The number of nitrogens with zero attached hydrogens (tertiary/aromatic N) is 5. The van der Waals surface area contributed by atoms with Crippen LogP contribution in [-0.4, -0.2) is 80.4 Å². The number of nitrogens with one attached hydrogen (secondary N) is 1. The van der Waals surface area contributed by atoms with Gasteiger partial charge in [0.25, 0.3) is 5.91 Å². The van der Waals surface area contributed by atoms with Gasteiger partial charge in [-0.2, -0.15) is 0 Å². The molecule has 2 aliphatic heterocycles. The van der Waals surface area contributed by atoms with Crippen molar-refractivity contribution in [2.24, 2.45) is 21.6 Å². The number of hydrogen-bond acceptors (Lipinski definition) is 9. The van der Waals surface area contributed by atoms with E-state index < -0.39 is 28.4 Å². The van der Waals surface area contributed by atoms with Crippen LogP contribution in [0.1, 0.15) is 72.1 Å². The van der Waals surface area contributed by atoms with Crippen LogP contribution in [0.2, 0.25) is 0 Å². The molecule has 0 bridgehead atoms. The van der Waals surface area contributed by atoms with Crippen molar-refractivity contribution in [3.63, 3.8) is 0 Å². The third kappa shape index (κ3) is 5.03. The number of likely N-dealkylation sites (tertiary alicyclic amines) is 1. The van der Waals surface area contributed by atoms with Crippen LogP contribution in [0.4, 0.5) is 0 Å². The van der Waals surface area contributed by atoms with Crippen molar-refractivity contribution < 1.29 is 24.0 Å². The van der Waals surface area contributed by atoms with Crippen molar-refractivity contribution >= 4 is 52.1 Å². The van der Waals surface area contributed by atoms with Crippen molar-refractivity contribution in [1.29, 1.82) is 0 Å². The van der Waals surface area contributed by atoms with Gasteiger partial charge in [-0.25, -0.2) is 4.98 Å². The molecule has 12 heteroatoms. The Hall–Kier alpha value is -5.26. The quantitative estimate of drug-likeness (QED) is 0.275. The number of ketones is 2. The number of benzene rings is 2. The third-order valence-electron chi connectivity index (χ3n) is 11.4. The van der Waals surface area contributed by atoms with E-state index in [1.165, 1.54) is 11.1 Å². The van der Waals surface area contributed by atoms with Gasteiger partial charge in [0.15, 0.2) is 0 Å². The number of rotatable bonds is 8. The summed E-state index contributed by atoms with van der Waals surface area (Å²) in [5.74, 6) is -1.17. The Kier molecular flexibility index (Phi) is 7.42. The molecule has 2 aromatic carbocycles. The van der Waals surface area contributed by atoms with E-state index in [0.29, 0.717) is 55.6 Å². The molecule has 3 aliphatic carbocycles. The SMILES string of the molecule is NC=C(C=NC1CCN(C(=O)C23CCC2(C(=O)NCc2ccc4c(c2)CN(C2CCC(=O)C2=O)C4=O)C3)CC1)c1cnc2ccccc2n1. The van der Waals surface area contributed by atoms with Gasteiger partial charge in [-0.05, 0) is 67.9 Å². The number of aliphatic imine (C=N–C) groups is 1. The van der Waals surface area contributed by atoms with Crippen molar-refractivity contribution in [3.05, 3.63) is 77.2 Å². The number of carbonyl (C=O) groups excluding carboxylic acids is 5. The maximum atomic E-state index is 13.8. The number of aromatic nitrogens is 2. The van der Waals surface area contributed by atoms with Crippen LogP contribution in [0.25, 0.3) is 16.6 Å². The molecule has 4 fully saturated rings. The summed E-state index contributed by atoms with van der Waals surface area (Å²) in [6.07, 6.45) is 8.89. The lowest BCUT2D eigenvalue weighted by Gasteiger charge is -2.39. The van der Waals surface area contributed by atoms with Gasteiger partial charge in [-0.1, -0.05) is 24.3 Å². The first kappa shape index (κ1) is 31.0. The maximum absolute atomic E-state index is 13.8. The molecule has 12 nitrogen and oxygen atoms in total. The highest BCUT2D eigenvalue weighted by Gasteiger charge is 2.82. The van der Waals surface area contributed by atoms with Gasteiger partial charge in [0, 0.05) is 56.2 Å². The van der Waals surface area contributed by atoms with Crippen LogP contribution in [-0.2, 0) is 32.3 Å². The summed E-state index contributed by atoms with van der Waals surface area (Å²) in [6.45, 7) is 1.72.